The monoisotopic (exact) mass is 267 g/mol. The number of hydrogen-bond donors (Lipinski definition) is 2. The van der Waals surface area contributed by atoms with Gasteiger partial charge in [0.05, 0.1) is 0 Å². The molecule has 0 fully saturated rings. The zero-order valence-electron chi connectivity index (χ0n) is 11.2. The minimum Gasteiger partial charge on any atom is -0.477 e. The summed E-state index contributed by atoms with van der Waals surface area (Å²) in [5, 5.41) is 9.17. The van der Waals surface area contributed by atoms with Gasteiger partial charge in [0.1, 0.15) is 12.4 Å². The Hall–Kier alpha value is -1.59. The van der Waals surface area contributed by atoms with E-state index >= 15 is 0 Å². The fourth-order valence-corrected chi connectivity index (χ4v) is 1.51. The third kappa shape index (κ3) is 5.28. The lowest BCUT2D eigenvalue weighted by atomic mass is 10.2. The third-order valence-electron chi connectivity index (χ3n) is 2.61. The second-order valence-electron chi connectivity index (χ2n) is 4.37. The third-order valence-corrected chi connectivity index (χ3v) is 2.61. The van der Waals surface area contributed by atoms with Crippen molar-refractivity contribution in [2.75, 3.05) is 13.2 Å². The number of ether oxygens (including phenoxy) is 2. The molecule has 5 nitrogen and oxygen atoms in total. The average molecular weight is 267 g/mol. The lowest BCUT2D eigenvalue weighted by Crippen LogP contribution is -2.57. The van der Waals surface area contributed by atoms with E-state index in [0.29, 0.717) is 12.4 Å². The fraction of sp³-hybridized carbons (Fsp3) is 0.500. The Morgan fingerprint density at radius 3 is 2.58 bits per heavy atom. The van der Waals surface area contributed by atoms with Crippen LogP contribution in [0.15, 0.2) is 30.3 Å². The highest BCUT2D eigenvalue weighted by Crippen LogP contribution is 2.15. The van der Waals surface area contributed by atoms with Gasteiger partial charge in [-0.25, -0.2) is 4.79 Å². The number of carboxylic acids is 1. The maximum absolute atomic E-state index is 11.2. The number of carboxylic acid groups (broad SMARTS) is 1. The number of rotatable bonds is 9. The molecule has 1 unspecified atom stereocenters. The highest BCUT2D eigenvalue weighted by Gasteiger charge is 2.37. The molecule has 0 saturated heterocycles. The standard InChI is InChI=1S/C14H21NO4/c1-2-3-7-10-18-11-14(15,13(16)17)19-12-8-5-4-6-9-12/h4-6,8-9H,2-3,7,10-11,15H2,1H3,(H,16,17). The van der Waals surface area contributed by atoms with Crippen molar-refractivity contribution in [1.82, 2.24) is 0 Å². The molecule has 0 spiro atoms. The molecule has 0 heterocycles. The van der Waals surface area contributed by atoms with Gasteiger partial charge in [-0.15, -0.1) is 0 Å². The Kier molecular flexibility index (Phi) is 6.32. The summed E-state index contributed by atoms with van der Waals surface area (Å²) < 4.78 is 10.6. The lowest BCUT2D eigenvalue weighted by molar-refractivity contribution is -0.160. The van der Waals surface area contributed by atoms with E-state index in [2.05, 4.69) is 6.92 Å². The van der Waals surface area contributed by atoms with E-state index in [0.717, 1.165) is 19.3 Å². The Bertz CT molecular complexity index is 382. The van der Waals surface area contributed by atoms with E-state index in [4.69, 9.17) is 20.3 Å². The van der Waals surface area contributed by atoms with Gasteiger partial charge < -0.3 is 14.6 Å². The molecule has 1 aromatic carbocycles. The van der Waals surface area contributed by atoms with Crippen LogP contribution >= 0.6 is 0 Å². The van der Waals surface area contributed by atoms with Crippen LogP contribution in [-0.2, 0) is 9.53 Å². The summed E-state index contributed by atoms with van der Waals surface area (Å²) in [5.74, 6) is -0.837. The van der Waals surface area contributed by atoms with E-state index in [-0.39, 0.29) is 6.61 Å². The molecule has 0 aliphatic carbocycles. The Balaban J connectivity index is 2.52. The number of nitrogens with two attached hydrogens (primary N) is 1. The number of carbonyl (C=O) groups is 1. The fourth-order valence-electron chi connectivity index (χ4n) is 1.51. The molecule has 106 valence electrons. The van der Waals surface area contributed by atoms with Crippen LogP contribution in [0.1, 0.15) is 26.2 Å². The molecule has 0 saturated carbocycles. The summed E-state index contributed by atoms with van der Waals surface area (Å²) >= 11 is 0. The van der Waals surface area contributed by atoms with Gasteiger partial charge in [-0.1, -0.05) is 38.0 Å². The molecule has 0 aromatic heterocycles. The highest BCUT2D eigenvalue weighted by atomic mass is 16.6. The first-order chi connectivity index (χ1) is 9.08. The zero-order chi connectivity index (χ0) is 14.1. The van der Waals surface area contributed by atoms with Gasteiger partial charge in [-0.2, -0.15) is 0 Å². The predicted molar refractivity (Wildman–Crippen MR) is 72.0 cm³/mol. The van der Waals surface area contributed by atoms with Crippen molar-refractivity contribution in [3.05, 3.63) is 30.3 Å². The van der Waals surface area contributed by atoms with Crippen LogP contribution in [0.25, 0.3) is 0 Å². The average Bonchev–Trinajstić information content (AvgIpc) is 2.39. The molecule has 0 bridgehead atoms. The quantitative estimate of drug-likeness (QED) is 0.528. The predicted octanol–water partition coefficient (Wildman–Crippen LogP) is 2.01. The molecule has 1 rings (SSSR count). The number of hydrogen-bond acceptors (Lipinski definition) is 4. The second kappa shape index (κ2) is 7.76. The first-order valence-corrected chi connectivity index (χ1v) is 6.42. The van der Waals surface area contributed by atoms with Crippen LogP contribution in [0.2, 0.25) is 0 Å². The Labute approximate surface area is 113 Å². The zero-order valence-corrected chi connectivity index (χ0v) is 11.2. The van der Waals surface area contributed by atoms with Gasteiger partial charge >= 0.3 is 5.97 Å². The second-order valence-corrected chi connectivity index (χ2v) is 4.37. The van der Waals surface area contributed by atoms with E-state index < -0.39 is 11.7 Å². The van der Waals surface area contributed by atoms with Crippen molar-refractivity contribution in [3.8, 4) is 5.75 Å². The number of unbranched alkanes of at least 4 members (excludes halogenated alkanes) is 2. The first-order valence-electron chi connectivity index (χ1n) is 6.42. The summed E-state index contributed by atoms with van der Waals surface area (Å²) in [6.07, 6.45) is 3.01. The smallest absolute Gasteiger partial charge is 0.366 e. The van der Waals surface area contributed by atoms with Crippen molar-refractivity contribution in [2.24, 2.45) is 5.73 Å². The van der Waals surface area contributed by atoms with Gasteiger partial charge in [0.25, 0.3) is 5.72 Å². The van der Waals surface area contributed by atoms with Gasteiger partial charge in [0.2, 0.25) is 0 Å². The number of para-hydroxylation sites is 1. The molecule has 1 aromatic rings. The summed E-state index contributed by atoms with van der Waals surface area (Å²) in [6.45, 7) is 2.39. The van der Waals surface area contributed by atoms with Crippen molar-refractivity contribution in [2.45, 2.75) is 31.9 Å². The van der Waals surface area contributed by atoms with Crippen LogP contribution in [0.3, 0.4) is 0 Å². The van der Waals surface area contributed by atoms with E-state index in [1.165, 1.54) is 0 Å². The molecule has 0 aliphatic heterocycles. The van der Waals surface area contributed by atoms with Crippen molar-refractivity contribution >= 4 is 5.97 Å². The van der Waals surface area contributed by atoms with Crippen molar-refractivity contribution in [3.63, 3.8) is 0 Å². The minimum absolute atomic E-state index is 0.180. The topological polar surface area (TPSA) is 81.8 Å². The summed E-state index contributed by atoms with van der Waals surface area (Å²) in [4.78, 5) is 11.2. The summed E-state index contributed by atoms with van der Waals surface area (Å²) in [5.41, 5.74) is 3.89. The molecule has 0 amide bonds. The Morgan fingerprint density at radius 2 is 2.00 bits per heavy atom. The maximum Gasteiger partial charge on any atom is 0.366 e. The summed E-state index contributed by atoms with van der Waals surface area (Å²) in [7, 11) is 0. The SMILES string of the molecule is CCCCCOCC(N)(Oc1ccccc1)C(=O)O. The van der Waals surface area contributed by atoms with Crippen LogP contribution in [0.4, 0.5) is 0 Å². The Morgan fingerprint density at radius 1 is 1.32 bits per heavy atom. The lowest BCUT2D eigenvalue weighted by Gasteiger charge is -2.25. The van der Waals surface area contributed by atoms with Gasteiger partial charge in [-0.05, 0) is 18.6 Å². The molecule has 5 heteroatoms. The summed E-state index contributed by atoms with van der Waals surface area (Å²) in [6, 6.07) is 8.62. The minimum atomic E-state index is -1.85. The van der Waals surface area contributed by atoms with Crippen molar-refractivity contribution in [1.29, 1.82) is 0 Å². The van der Waals surface area contributed by atoms with Crippen molar-refractivity contribution < 1.29 is 19.4 Å². The molecular weight excluding hydrogens is 246 g/mol. The van der Waals surface area contributed by atoms with Crippen LogP contribution < -0.4 is 10.5 Å². The number of aliphatic carboxylic acids is 1. The van der Waals surface area contributed by atoms with E-state index in [1.54, 1.807) is 24.3 Å². The first kappa shape index (κ1) is 15.5. The molecule has 0 radical (unpaired) electrons. The maximum atomic E-state index is 11.2. The molecule has 1 atom stereocenters. The van der Waals surface area contributed by atoms with Crippen LogP contribution in [-0.4, -0.2) is 30.0 Å². The molecule has 3 N–H and O–H groups in total. The van der Waals surface area contributed by atoms with Gasteiger partial charge in [0.15, 0.2) is 0 Å². The molecular formula is C14H21NO4. The highest BCUT2D eigenvalue weighted by molar-refractivity contribution is 5.77. The van der Waals surface area contributed by atoms with Crippen LogP contribution in [0, 0.1) is 0 Å². The van der Waals surface area contributed by atoms with Gasteiger partial charge in [-0.3, -0.25) is 5.73 Å². The molecule has 0 aliphatic rings. The van der Waals surface area contributed by atoms with Crippen LogP contribution in [0.5, 0.6) is 5.75 Å². The number of benzene rings is 1. The normalized spacial score (nSPS) is 13.8. The largest absolute Gasteiger partial charge is 0.477 e. The van der Waals surface area contributed by atoms with E-state index in [1.807, 2.05) is 6.07 Å². The van der Waals surface area contributed by atoms with Gasteiger partial charge in [0, 0.05) is 6.61 Å². The van der Waals surface area contributed by atoms with E-state index in [9.17, 15) is 4.79 Å². The molecule has 19 heavy (non-hydrogen) atoms.